The molecule has 0 saturated carbocycles. The molecule has 1 N–H and O–H groups in total. The monoisotopic (exact) mass is 380 g/mol. The number of nitrogens with zero attached hydrogens (tertiary/aromatic N) is 5. The Morgan fingerprint density at radius 2 is 2.11 bits per heavy atom. The van der Waals surface area contributed by atoms with Gasteiger partial charge in [0.1, 0.15) is 5.82 Å². The average Bonchev–Trinajstić information content (AvgIpc) is 3.33. The third-order valence-electron chi connectivity index (χ3n) is 4.17. The molecule has 0 fully saturated rings. The van der Waals surface area contributed by atoms with Gasteiger partial charge >= 0.3 is 0 Å². The zero-order valence-electron chi connectivity index (χ0n) is 14.6. The summed E-state index contributed by atoms with van der Waals surface area (Å²) in [5.74, 6) is 0.494. The Hall–Kier alpha value is -3.19. The third-order valence-corrected chi connectivity index (χ3v) is 4.50. The van der Waals surface area contributed by atoms with Crippen molar-refractivity contribution in [1.82, 2.24) is 29.5 Å². The minimum Gasteiger partial charge on any atom is -0.352 e. The highest BCUT2D eigenvalue weighted by Gasteiger charge is 2.16. The van der Waals surface area contributed by atoms with Crippen LogP contribution in [-0.4, -0.2) is 36.6 Å². The Labute approximate surface area is 160 Å². The number of nitrogens with one attached hydrogen (secondary N) is 1. The zero-order chi connectivity index (χ0) is 18.8. The lowest BCUT2D eigenvalue weighted by Gasteiger charge is -2.11. The molecule has 0 radical (unpaired) electrons. The van der Waals surface area contributed by atoms with Crippen LogP contribution in [0, 0.1) is 0 Å². The van der Waals surface area contributed by atoms with E-state index in [0.29, 0.717) is 28.6 Å². The fourth-order valence-electron chi connectivity index (χ4n) is 2.87. The van der Waals surface area contributed by atoms with Crippen molar-refractivity contribution in [1.29, 1.82) is 0 Å². The molecule has 1 amide bonds. The van der Waals surface area contributed by atoms with Gasteiger partial charge in [-0.1, -0.05) is 18.5 Å². The first-order valence-corrected chi connectivity index (χ1v) is 8.97. The standard InChI is InChI=1S/C19H17ClN6O/c1-2-6-23-19(27)14-11-13(4-5-16(14)20)25-10-8-22-17(25)15-12-24-26-9-3-7-21-18(15)26/h3-5,7-12H,2,6H2,1H3,(H,23,27). The highest BCUT2D eigenvalue weighted by atomic mass is 35.5. The van der Waals surface area contributed by atoms with Crippen LogP contribution < -0.4 is 5.32 Å². The zero-order valence-corrected chi connectivity index (χ0v) is 15.4. The van der Waals surface area contributed by atoms with Crippen LogP contribution in [0.15, 0.2) is 55.2 Å². The van der Waals surface area contributed by atoms with Gasteiger partial charge in [-0.3, -0.25) is 9.36 Å². The fourth-order valence-corrected chi connectivity index (χ4v) is 3.07. The number of benzene rings is 1. The first-order chi connectivity index (χ1) is 13.2. The molecule has 0 unspecified atom stereocenters. The quantitative estimate of drug-likeness (QED) is 0.575. The molecule has 1 aromatic carbocycles. The van der Waals surface area contributed by atoms with Crippen LogP contribution >= 0.6 is 11.6 Å². The number of halogens is 1. The summed E-state index contributed by atoms with van der Waals surface area (Å²) in [5.41, 5.74) is 2.72. The van der Waals surface area contributed by atoms with Crippen LogP contribution in [-0.2, 0) is 0 Å². The minimum atomic E-state index is -0.192. The fraction of sp³-hybridized carbons (Fsp3) is 0.158. The molecule has 0 bridgehead atoms. The molecular formula is C19H17ClN6O. The molecule has 0 spiro atoms. The summed E-state index contributed by atoms with van der Waals surface area (Å²) >= 11 is 6.24. The van der Waals surface area contributed by atoms with Gasteiger partial charge in [-0.15, -0.1) is 0 Å². The largest absolute Gasteiger partial charge is 0.352 e. The number of amides is 1. The highest BCUT2D eigenvalue weighted by Crippen LogP contribution is 2.26. The van der Waals surface area contributed by atoms with E-state index in [4.69, 9.17) is 11.6 Å². The number of imidazole rings is 1. The number of carbonyl (C=O) groups excluding carboxylic acids is 1. The Bertz CT molecular complexity index is 1120. The van der Waals surface area contributed by atoms with Gasteiger partial charge in [0.05, 0.1) is 22.3 Å². The highest BCUT2D eigenvalue weighted by molar-refractivity contribution is 6.33. The molecule has 0 atom stereocenters. The molecule has 3 heterocycles. The van der Waals surface area contributed by atoms with Crippen LogP contribution in [0.25, 0.3) is 22.7 Å². The van der Waals surface area contributed by atoms with Crippen molar-refractivity contribution < 1.29 is 4.79 Å². The number of hydrogen-bond acceptors (Lipinski definition) is 4. The number of fused-ring (bicyclic) bond motifs is 1. The van der Waals surface area contributed by atoms with E-state index in [1.807, 2.05) is 36.0 Å². The van der Waals surface area contributed by atoms with Crippen molar-refractivity contribution in [2.75, 3.05) is 6.54 Å². The first kappa shape index (κ1) is 17.2. The van der Waals surface area contributed by atoms with Gasteiger partial charge in [0.25, 0.3) is 5.91 Å². The summed E-state index contributed by atoms with van der Waals surface area (Å²) in [6.45, 7) is 2.60. The summed E-state index contributed by atoms with van der Waals surface area (Å²) in [4.78, 5) is 21.2. The second-order valence-corrected chi connectivity index (χ2v) is 6.39. The van der Waals surface area contributed by atoms with E-state index in [1.165, 1.54) is 0 Å². The van der Waals surface area contributed by atoms with E-state index in [-0.39, 0.29) is 5.91 Å². The predicted octanol–water partition coefficient (Wildman–Crippen LogP) is 3.38. The molecule has 27 heavy (non-hydrogen) atoms. The van der Waals surface area contributed by atoms with Crippen molar-refractivity contribution in [2.45, 2.75) is 13.3 Å². The van der Waals surface area contributed by atoms with Crippen molar-refractivity contribution in [3.8, 4) is 17.1 Å². The van der Waals surface area contributed by atoms with Gasteiger partial charge in [-0.05, 0) is 30.7 Å². The molecule has 0 saturated heterocycles. The summed E-state index contributed by atoms with van der Waals surface area (Å²) in [5, 5.41) is 7.58. The molecule has 3 aromatic heterocycles. The average molecular weight is 381 g/mol. The second-order valence-electron chi connectivity index (χ2n) is 5.99. The molecule has 4 rings (SSSR count). The Balaban J connectivity index is 1.78. The molecule has 0 aliphatic carbocycles. The Kier molecular flexibility index (Phi) is 4.60. The summed E-state index contributed by atoms with van der Waals surface area (Å²) in [6.07, 6.45) is 9.66. The van der Waals surface area contributed by atoms with E-state index in [0.717, 1.165) is 17.7 Å². The maximum absolute atomic E-state index is 12.4. The van der Waals surface area contributed by atoms with E-state index in [1.54, 1.807) is 35.2 Å². The molecule has 136 valence electrons. The smallest absolute Gasteiger partial charge is 0.252 e. The third kappa shape index (κ3) is 3.17. The Morgan fingerprint density at radius 3 is 2.96 bits per heavy atom. The lowest BCUT2D eigenvalue weighted by atomic mass is 10.1. The van der Waals surface area contributed by atoms with Crippen molar-refractivity contribution in [2.24, 2.45) is 0 Å². The molecule has 0 aliphatic rings. The molecule has 0 aliphatic heterocycles. The van der Waals surface area contributed by atoms with Crippen molar-refractivity contribution in [3.63, 3.8) is 0 Å². The van der Waals surface area contributed by atoms with Crippen molar-refractivity contribution >= 4 is 23.2 Å². The van der Waals surface area contributed by atoms with Crippen LogP contribution in [0.4, 0.5) is 0 Å². The van der Waals surface area contributed by atoms with Crippen LogP contribution in [0.2, 0.25) is 5.02 Å². The van der Waals surface area contributed by atoms with Crippen molar-refractivity contribution in [3.05, 3.63) is 65.8 Å². The summed E-state index contributed by atoms with van der Waals surface area (Å²) in [7, 11) is 0. The number of hydrogen-bond donors (Lipinski definition) is 1. The molecule has 8 heteroatoms. The Morgan fingerprint density at radius 1 is 1.22 bits per heavy atom. The van der Waals surface area contributed by atoms with Crippen LogP contribution in [0.3, 0.4) is 0 Å². The van der Waals surface area contributed by atoms with E-state index < -0.39 is 0 Å². The topological polar surface area (TPSA) is 77.1 Å². The first-order valence-electron chi connectivity index (χ1n) is 8.59. The van der Waals surface area contributed by atoms with Gasteiger partial charge in [0.15, 0.2) is 5.65 Å². The van der Waals surface area contributed by atoms with Gasteiger partial charge < -0.3 is 5.32 Å². The number of aromatic nitrogens is 5. The van der Waals surface area contributed by atoms with Gasteiger partial charge in [0, 0.05) is 37.0 Å². The minimum absolute atomic E-state index is 0.192. The second kappa shape index (κ2) is 7.20. The van der Waals surface area contributed by atoms with E-state index in [9.17, 15) is 4.79 Å². The van der Waals surface area contributed by atoms with Crippen LogP contribution in [0.1, 0.15) is 23.7 Å². The van der Waals surface area contributed by atoms with Crippen LogP contribution in [0.5, 0.6) is 0 Å². The summed E-state index contributed by atoms with van der Waals surface area (Å²) < 4.78 is 3.58. The maximum atomic E-state index is 12.4. The SMILES string of the molecule is CCCNC(=O)c1cc(-n2ccnc2-c2cnn3cccnc23)ccc1Cl. The normalized spacial score (nSPS) is 11.0. The summed E-state index contributed by atoms with van der Waals surface area (Å²) in [6, 6.07) is 7.15. The van der Waals surface area contributed by atoms with E-state index in [2.05, 4.69) is 20.4 Å². The molecule has 4 aromatic rings. The lowest BCUT2D eigenvalue weighted by molar-refractivity contribution is 0.0954. The number of carbonyl (C=O) groups is 1. The lowest BCUT2D eigenvalue weighted by Crippen LogP contribution is -2.24. The molecular weight excluding hydrogens is 364 g/mol. The number of rotatable bonds is 5. The van der Waals surface area contributed by atoms with Gasteiger partial charge in [0.2, 0.25) is 0 Å². The van der Waals surface area contributed by atoms with Gasteiger partial charge in [-0.2, -0.15) is 5.10 Å². The predicted molar refractivity (Wildman–Crippen MR) is 103 cm³/mol. The molecule has 7 nitrogen and oxygen atoms in total. The van der Waals surface area contributed by atoms with E-state index >= 15 is 0 Å². The maximum Gasteiger partial charge on any atom is 0.252 e. The van der Waals surface area contributed by atoms with Gasteiger partial charge in [-0.25, -0.2) is 14.5 Å².